The number of nitrogens with zero attached hydrogens (tertiary/aromatic N) is 1. The lowest BCUT2D eigenvalue weighted by Gasteiger charge is -2.08. The van der Waals surface area contributed by atoms with E-state index in [-0.39, 0.29) is 11.6 Å². The molecule has 2 aromatic rings. The highest BCUT2D eigenvalue weighted by Crippen LogP contribution is 2.33. The summed E-state index contributed by atoms with van der Waals surface area (Å²) in [6, 6.07) is 3.04. The van der Waals surface area contributed by atoms with Gasteiger partial charge in [0.25, 0.3) is 0 Å². The SMILES string of the molecule is CCOC(=O)c1nc2cc(Br)c(Cl)cc2c(Cl)c1F. The lowest BCUT2D eigenvalue weighted by molar-refractivity contribution is 0.0514. The van der Waals surface area contributed by atoms with Crippen molar-refractivity contribution in [2.24, 2.45) is 0 Å². The number of esters is 1. The molecular weight excluding hydrogens is 360 g/mol. The largest absolute Gasteiger partial charge is 0.461 e. The molecule has 3 nitrogen and oxygen atoms in total. The van der Waals surface area contributed by atoms with Crippen molar-refractivity contribution in [3.63, 3.8) is 0 Å². The van der Waals surface area contributed by atoms with Crippen molar-refractivity contribution in [2.75, 3.05) is 6.61 Å². The van der Waals surface area contributed by atoms with Crippen LogP contribution >= 0.6 is 39.1 Å². The van der Waals surface area contributed by atoms with E-state index >= 15 is 0 Å². The first kappa shape index (κ1) is 14.5. The highest BCUT2D eigenvalue weighted by atomic mass is 79.9. The average molecular weight is 367 g/mol. The number of hydrogen-bond donors (Lipinski definition) is 0. The third-order valence-corrected chi connectivity index (χ3v) is 3.94. The van der Waals surface area contributed by atoms with Crippen molar-refractivity contribution in [3.8, 4) is 0 Å². The van der Waals surface area contributed by atoms with E-state index in [9.17, 15) is 9.18 Å². The van der Waals surface area contributed by atoms with Crippen molar-refractivity contribution >= 4 is 56.0 Å². The summed E-state index contributed by atoms with van der Waals surface area (Å²) in [6.07, 6.45) is 0. The molecule has 19 heavy (non-hydrogen) atoms. The zero-order chi connectivity index (χ0) is 14.2. The molecule has 0 radical (unpaired) electrons. The van der Waals surface area contributed by atoms with E-state index in [0.29, 0.717) is 20.4 Å². The van der Waals surface area contributed by atoms with Crippen LogP contribution in [0.3, 0.4) is 0 Å². The normalized spacial score (nSPS) is 10.8. The number of carbonyl (C=O) groups excluding carboxylic acids is 1. The molecule has 0 atom stereocenters. The maximum atomic E-state index is 14.0. The van der Waals surface area contributed by atoms with Gasteiger partial charge in [-0.1, -0.05) is 23.2 Å². The molecule has 0 amide bonds. The molecule has 0 aliphatic heterocycles. The van der Waals surface area contributed by atoms with Gasteiger partial charge < -0.3 is 4.74 Å². The van der Waals surface area contributed by atoms with Crippen LogP contribution in [0, 0.1) is 5.82 Å². The molecular formula is C12H7BrCl2FNO2. The summed E-state index contributed by atoms with van der Waals surface area (Å²) in [5.41, 5.74) is -0.0840. The Kier molecular flexibility index (Phi) is 4.28. The second-order valence-electron chi connectivity index (χ2n) is 3.59. The zero-order valence-corrected chi connectivity index (χ0v) is 12.7. The van der Waals surface area contributed by atoms with Gasteiger partial charge in [0.05, 0.1) is 22.2 Å². The number of benzene rings is 1. The van der Waals surface area contributed by atoms with Gasteiger partial charge in [-0.05, 0) is 35.0 Å². The van der Waals surface area contributed by atoms with Gasteiger partial charge >= 0.3 is 5.97 Å². The van der Waals surface area contributed by atoms with Crippen LogP contribution in [0.1, 0.15) is 17.4 Å². The van der Waals surface area contributed by atoms with Crippen LogP contribution in [0.4, 0.5) is 4.39 Å². The van der Waals surface area contributed by atoms with Crippen LogP contribution in [-0.2, 0) is 4.74 Å². The molecule has 0 aliphatic carbocycles. The summed E-state index contributed by atoms with van der Waals surface area (Å²) < 4.78 is 19.3. The number of halogens is 4. The first-order valence-electron chi connectivity index (χ1n) is 5.26. The molecule has 0 aliphatic rings. The Balaban J connectivity index is 2.72. The topological polar surface area (TPSA) is 39.2 Å². The van der Waals surface area contributed by atoms with Gasteiger partial charge in [0.15, 0.2) is 11.5 Å². The number of ether oxygens (including phenoxy) is 1. The first-order valence-corrected chi connectivity index (χ1v) is 6.81. The Hall–Kier alpha value is -0.910. The zero-order valence-electron chi connectivity index (χ0n) is 9.64. The number of aromatic nitrogens is 1. The lowest BCUT2D eigenvalue weighted by atomic mass is 10.2. The molecule has 0 N–H and O–H groups in total. The molecule has 0 bridgehead atoms. The van der Waals surface area contributed by atoms with E-state index in [1.165, 1.54) is 6.07 Å². The summed E-state index contributed by atoms with van der Waals surface area (Å²) in [4.78, 5) is 15.5. The van der Waals surface area contributed by atoms with Crippen molar-refractivity contribution < 1.29 is 13.9 Å². The molecule has 0 saturated heterocycles. The van der Waals surface area contributed by atoms with Gasteiger partial charge in [0, 0.05) is 9.86 Å². The quantitative estimate of drug-likeness (QED) is 0.728. The molecule has 7 heteroatoms. The van der Waals surface area contributed by atoms with Crippen molar-refractivity contribution in [3.05, 3.63) is 38.2 Å². The number of pyridine rings is 1. The second kappa shape index (κ2) is 5.61. The molecule has 1 aromatic heterocycles. The van der Waals surface area contributed by atoms with Gasteiger partial charge in [-0.15, -0.1) is 0 Å². The first-order chi connectivity index (χ1) is 8.95. The summed E-state index contributed by atoms with van der Waals surface area (Å²) in [5.74, 6) is -1.76. The van der Waals surface area contributed by atoms with Crippen molar-refractivity contribution in [1.29, 1.82) is 0 Å². The van der Waals surface area contributed by atoms with Gasteiger partial charge in [-0.3, -0.25) is 0 Å². The van der Waals surface area contributed by atoms with E-state index < -0.39 is 17.5 Å². The smallest absolute Gasteiger partial charge is 0.360 e. The van der Waals surface area contributed by atoms with Crippen LogP contribution in [0.25, 0.3) is 10.9 Å². The maximum absolute atomic E-state index is 14.0. The van der Waals surface area contributed by atoms with Gasteiger partial charge in [0.2, 0.25) is 0 Å². The average Bonchev–Trinajstić information content (AvgIpc) is 2.36. The Morgan fingerprint density at radius 1 is 1.47 bits per heavy atom. The highest BCUT2D eigenvalue weighted by Gasteiger charge is 2.21. The second-order valence-corrected chi connectivity index (χ2v) is 5.23. The Morgan fingerprint density at radius 2 is 2.16 bits per heavy atom. The van der Waals surface area contributed by atoms with Crippen LogP contribution in [0.2, 0.25) is 10.0 Å². The Morgan fingerprint density at radius 3 is 2.79 bits per heavy atom. The summed E-state index contributed by atoms with van der Waals surface area (Å²) in [7, 11) is 0. The molecule has 0 fully saturated rings. The number of hydrogen-bond acceptors (Lipinski definition) is 3. The number of fused-ring (bicyclic) bond motifs is 1. The van der Waals surface area contributed by atoms with Crippen molar-refractivity contribution in [1.82, 2.24) is 4.98 Å². The van der Waals surface area contributed by atoms with Crippen molar-refractivity contribution in [2.45, 2.75) is 6.92 Å². The molecule has 1 aromatic carbocycles. The fourth-order valence-corrected chi connectivity index (χ4v) is 2.27. The van der Waals surface area contributed by atoms with Gasteiger partial charge in [0.1, 0.15) is 0 Å². The Bertz CT molecular complexity index is 679. The molecule has 0 unspecified atom stereocenters. The standard InChI is InChI=1S/C12H7BrCl2FNO2/c1-2-19-12(18)11-10(16)9(15)5-3-7(14)6(13)4-8(5)17-11/h3-4H,2H2,1H3. The van der Waals surface area contributed by atoms with E-state index in [4.69, 9.17) is 27.9 Å². The fraction of sp³-hybridized carbons (Fsp3) is 0.167. The van der Waals surface area contributed by atoms with E-state index in [2.05, 4.69) is 20.9 Å². The maximum Gasteiger partial charge on any atom is 0.360 e. The van der Waals surface area contributed by atoms with Crippen LogP contribution in [0.15, 0.2) is 16.6 Å². The van der Waals surface area contributed by atoms with E-state index in [0.717, 1.165) is 0 Å². The fourth-order valence-electron chi connectivity index (χ4n) is 1.53. The third-order valence-electron chi connectivity index (χ3n) is 2.38. The van der Waals surface area contributed by atoms with Gasteiger partial charge in [-0.2, -0.15) is 0 Å². The summed E-state index contributed by atoms with van der Waals surface area (Å²) >= 11 is 15.0. The minimum Gasteiger partial charge on any atom is -0.461 e. The number of rotatable bonds is 2. The molecule has 0 saturated carbocycles. The minimum absolute atomic E-state index is 0.125. The van der Waals surface area contributed by atoms with E-state index in [1.807, 2.05) is 0 Å². The monoisotopic (exact) mass is 365 g/mol. The summed E-state index contributed by atoms with van der Waals surface area (Å²) in [6.45, 7) is 1.74. The highest BCUT2D eigenvalue weighted by molar-refractivity contribution is 9.10. The number of carbonyl (C=O) groups is 1. The molecule has 2 rings (SSSR count). The van der Waals surface area contributed by atoms with Crippen LogP contribution < -0.4 is 0 Å². The predicted molar refractivity (Wildman–Crippen MR) is 75.4 cm³/mol. The lowest BCUT2D eigenvalue weighted by Crippen LogP contribution is -2.10. The third kappa shape index (κ3) is 2.68. The predicted octanol–water partition coefficient (Wildman–Crippen LogP) is 4.62. The van der Waals surface area contributed by atoms with E-state index in [1.54, 1.807) is 13.0 Å². The van der Waals surface area contributed by atoms with Crippen LogP contribution in [0.5, 0.6) is 0 Å². The van der Waals surface area contributed by atoms with Gasteiger partial charge in [-0.25, -0.2) is 14.2 Å². The van der Waals surface area contributed by atoms with Crippen LogP contribution in [-0.4, -0.2) is 17.6 Å². The molecule has 100 valence electrons. The Labute approximate surface area is 126 Å². The molecule has 0 spiro atoms. The minimum atomic E-state index is -0.911. The summed E-state index contributed by atoms with van der Waals surface area (Å²) in [5, 5.41) is 0.502. The molecule has 1 heterocycles.